The number of nitrogens with one attached hydrogen (secondary N) is 3. The molecule has 0 aromatic carbocycles. The topological polar surface area (TPSA) is 107 Å². The number of H-pyrrole nitrogens is 1. The van der Waals surface area contributed by atoms with Gasteiger partial charge in [-0.3, -0.25) is 4.79 Å². The van der Waals surface area contributed by atoms with Gasteiger partial charge >= 0.3 is 5.97 Å². The van der Waals surface area contributed by atoms with Crippen molar-refractivity contribution in [3.05, 3.63) is 18.2 Å². The lowest BCUT2D eigenvalue weighted by Crippen LogP contribution is -2.53. The second-order valence-corrected chi connectivity index (χ2v) is 5.41. The van der Waals surface area contributed by atoms with Crippen LogP contribution >= 0.6 is 11.8 Å². The number of hydrogen-bond acceptors (Lipinski definition) is 5. The van der Waals surface area contributed by atoms with Crippen LogP contribution in [-0.4, -0.2) is 57.1 Å². The van der Waals surface area contributed by atoms with E-state index in [0.717, 1.165) is 12.3 Å². The molecule has 0 bridgehead atoms. The zero-order chi connectivity index (χ0) is 13.7. The number of carboxylic acids is 1. The largest absolute Gasteiger partial charge is 0.480 e. The smallest absolute Gasteiger partial charge is 0.326 e. The number of thioether (sulfide) groups is 1. The molecule has 1 amide bonds. The summed E-state index contributed by atoms with van der Waals surface area (Å²) in [6.07, 6.45) is 3.23. The second kappa shape index (κ2) is 6.58. The molecular weight excluding hydrogens is 268 g/mol. The minimum absolute atomic E-state index is 0.195. The molecule has 2 rings (SSSR count). The molecule has 1 saturated heterocycles. The monoisotopic (exact) mass is 284 g/mol. The van der Waals surface area contributed by atoms with E-state index in [2.05, 4.69) is 20.6 Å². The van der Waals surface area contributed by atoms with Crippen LogP contribution in [0, 0.1) is 0 Å². The Morgan fingerprint density at radius 3 is 3.05 bits per heavy atom. The van der Waals surface area contributed by atoms with Crippen molar-refractivity contribution < 1.29 is 14.7 Å². The predicted octanol–water partition coefficient (Wildman–Crippen LogP) is -0.773. The molecule has 19 heavy (non-hydrogen) atoms. The first-order valence-electron chi connectivity index (χ1n) is 5.98. The van der Waals surface area contributed by atoms with E-state index in [0.29, 0.717) is 11.4 Å². The van der Waals surface area contributed by atoms with E-state index in [4.69, 9.17) is 5.11 Å². The highest BCUT2D eigenvalue weighted by atomic mass is 32.2. The summed E-state index contributed by atoms with van der Waals surface area (Å²) in [7, 11) is 0. The van der Waals surface area contributed by atoms with Gasteiger partial charge in [-0.15, -0.1) is 0 Å². The molecule has 1 fully saturated rings. The van der Waals surface area contributed by atoms with E-state index >= 15 is 0 Å². The summed E-state index contributed by atoms with van der Waals surface area (Å²) in [6, 6.07) is -1.26. The maximum atomic E-state index is 12.0. The van der Waals surface area contributed by atoms with Crippen molar-refractivity contribution in [1.29, 1.82) is 0 Å². The fourth-order valence-corrected chi connectivity index (χ4v) is 2.76. The van der Waals surface area contributed by atoms with Gasteiger partial charge in [0.1, 0.15) is 6.04 Å². The lowest BCUT2D eigenvalue weighted by molar-refractivity contribution is -0.142. The molecule has 0 aliphatic carbocycles. The third-order valence-electron chi connectivity index (χ3n) is 2.83. The SMILES string of the molecule is O=C(O)C(Cc1cnc[nH]1)NC(=O)C1CSCCN1. The average Bonchev–Trinajstić information content (AvgIpc) is 2.91. The van der Waals surface area contributed by atoms with Crippen molar-refractivity contribution in [3.63, 3.8) is 0 Å². The summed E-state index contributed by atoms with van der Waals surface area (Å²) < 4.78 is 0. The fraction of sp³-hybridized carbons (Fsp3) is 0.545. The van der Waals surface area contributed by atoms with Gasteiger partial charge in [-0.2, -0.15) is 11.8 Å². The van der Waals surface area contributed by atoms with Crippen molar-refractivity contribution in [1.82, 2.24) is 20.6 Å². The normalized spacial score (nSPS) is 20.7. The first-order valence-corrected chi connectivity index (χ1v) is 7.14. The van der Waals surface area contributed by atoms with Gasteiger partial charge in [0.25, 0.3) is 0 Å². The Morgan fingerprint density at radius 1 is 1.63 bits per heavy atom. The van der Waals surface area contributed by atoms with Crippen molar-refractivity contribution in [3.8, 4) is 0 Å². The molecule has 1 aliphatic heterocycles. The van der Waals surface area contributed by atoms with Crippen LogP contribution in [0.2, 0.25) is 0 Å². The summed E-state index contributed by atoms with van der Waals surface area (Å²) in [5.41, 5.74) is 0.679. The molecule has 1 aliphatic rings. The molecule has 0 radical (unpaired) electrons. The Bertz CT molecular complexity index is 431. The summed E-state index contributed by atoms with van der Waals surface area (Å²) in [5.74, 6) is 0.327. The number of carbonyl (C=O) groups excluding carboxylic acids is 1. The Balaban J connectivity index is 1.92. The van der Waals surface area contributed by atoms with Crippen molar-refractivity contribution in [2.24, 2.45) is 0 Å². The molecule has 0 spiro atoms. The zero-order valence-electron chi connectivity index (χ0n) is 10.3. The van der Waals surface area contributed by atoms with E-state index in [1.807, 2.05) is 0 Å². The lowest BCUT2D eigenvalue weighted by Gasteiger charge is -2.24. The minimum atomic E-state index is -1.05. The van der Waals surface area contributed by atoms with E-state index in [1.165, 1.54) is 6.33 Å². The van der Waals surface area contributed by atoms with E-state index in [9.17, 15) is 9.59 Å². The van der Waals surface area contributed by atoms with Gasteiger partial charge in [-0.05, 0) is 0 Å². The summed E-state index contributed by atoms with van der Waals surface area (Å²) in [4.78, 5) is 29.8. The molecule has 1 aromatic heterocycles. The maximum absolute atomic E-state index is 12.0. The number of aliphatic carboxylic acids is 1. The molecule has 2 heterocycles. The Morgan fingerprint density at radius 2 is 2.47 bits per heavy atom. The molecule has 4 N–H and O–H groups in total. The quantitative estimate of drug-likeness (QED) is 0.565. The lowest BCUT2D eigenvalue weighted by atomic mass is 10.1. The van der Waals surface area contributed by atoms with Crippen LogP contribution in [0.4, 0.5) is 0 Å². The number of rotatable bonds is 5. The van der Waals surface area contributed by atoms with Crippen LogP contribution in [0.15, 0.2) is 12.5 Å². The van der Waals surface area contributed by atoms with Crippen LogP contribution in [0.25, 0.3) is 0 Å². The van der Waals surface area contributed by atoms with Crippen LogP contribution in [0.3, 0.4) is 0 Å². The Labute approximate surface area is 114 Å². The summed E-state index contributed by atoms with van der Waals surface area (Å²) >= 11 is 1.69. The molecular formula is C11H16N4O3S. The molecule has 0 saturated carbocycles. The van der Waals surface area contributed by atoms with Gasteiger partial charge in [0.15, 0.2) is 0 Å². The van der Waals surface area contributed by atoms with Gasteiger partial charge in [0.2, 0.25) is 5.91 Å². The number of aromatic nitrogens is 2. The molecule has 2 unspecified atom stereocenters. The number of amides is 1. The van der Waals surface area contributed by atoms with Crippen LogP contribution in [-0.2, 0) is 16.0 Å². The van der Waals surface area contributed by atoms with Crippen LogP contribution in [0.5, 0.6) is 0 Å². The maximum Gasteiger partial charge on any atom is 0.326 e. The summed E-state index contributed by atoms with van der Waals surface area (Å²) in [6.45, 7) is 0.765. The number of carbonyl (C=O) groups is 2. The first kappa shape index (κ1) is 13.9. The third-order valence-corrected chi connectivity index (χ3v) is 3.89. The van der Waals surface area contributed by atoms with Crippen LogP contribution in [0.1, 0.15) is 5.69 Å². The van der Waals surface area contributed by atoms with E-state index in [-0.39, 0.29) is 18.4 Å². The highest BCUT2D eigenvalue weighted by molar-refractivity contribution is 7.99. The first-order chi connectivity index (χ1) is 9.16. The number of aromatic amines is 1. The molecule has 7 nitrogen and oxygen atoms in total. The minimum Gasteiger partial charge on any atom is -0.480 e. The zero-order valence-corrected chi connectivity index (χ0v) is 11.1. The number of carboxylic acid groups (broad SMARTS) is 1. The Kier molecular flexibility index (Phi) is 4.80. The molecule has 2 atom stereocenters. The highest BCUT2D eigenvalue weighted by Crippen LogP contribution is 2.08. The second-order valence-electron chi connectivity index (χ2n) is 4.26. The van der Waals surface area contributed by atoms with Gasteiger partial charge < -0.3 is 20.7 Å². The van der Waals surface area contributed by atoms with E-state index < -0.39 is 12.0 Å². The highest BCUT2D eigenvalue weighted by Gasteiger charge is 2.26. The van der Waals surface area contributed by atoms with E-state index in [1.54, 1.807) is 18.0 Å². The predicted molar refractivity (Wildman–Crippen MR) is 71.0 cm³/mol. The van der Waals surface area contributed by atoms with Gasteiger partial charge in [-0.25, -0.2) is 9.78 Å². The summed E-state index contributed by atoms with van der Waals surface area (Å²) in [5, 5.41) is 14.8. The molecule has 104 valence electrons. The van der Waals surface area contributed by atoms with Gasteiger partial charge in [0.05, 0.1) is 12.4 Å². The number of hydrogen-bond donors (Lipinski definition) is 4. The number of nitrogens with zero attached hydrogens (tertiary/aromatic N) is 1. The molecule has 1 aromatic rings. The Hall–Kier alpha value is -1.54. The van der Waals surface area contributed by atoms with Crippen LogP contribution < -0.4 is 10.6 Å². The van der Waals surface area contributed by atoms with Gasteiger partial charge in [-0.1, -0.05) is 0 Å². The van der Waals surface area contributed by atoms with Crippen molar-refractivity contribution in [2.75, 3.05) is 18.1 Å². The van der Waals surface area contributed by atoms with Crippen molar-refractivity contribution in [2.45, 2.75) is 18.5 Å². The standard InChI is InChI=1S/C11H16N4O3S/c16-10(9-5-19-2-1-13-9)15-8(11(17)18)3-7-4-12-6-14-7/h4,6,8-9,13H,1-3,5H2,(H,12,14)(H,15,16)(H,17,18). The van der Waals surface area contributed by atoms with Gasteiger partial charge in [0, 0.05) is 36.4 Å². The molecule has 8 heteroatoms. The fourth-order valence-electron chi connectivity index (χ4n) is 1.82. The number of imidazole rings is 1. The van der Waals surface area contributed by atoms with Crippen molar-refractivity contribution >= 4 is 23.6 Å². The third kappa shape index (κ3) is 3.97. The average molecular weight is 284 g/mol.